The molecule has 0 bridgehead atoms. The Morgan fingerprint density at radius 2 is 1.90 bits per heavy atom. The second kappa shape index (κ2) is 4.68. The van der Waals surface area contributed by atoms with E-state index in [1.54, 1.807) is 0 Å². The van der Waals surface area contributed by atoms with Crippen molar-refractivity contribution in [3.63, 3.8) is 0 Å². The van der Waals surface area contributed by atoms with Crippen molar-refractivity contribution in [2.45, 2.75) is 0 Å². The lowest BCUT2D eigenvalue weighted by molar-refractivity contribution is 0.396. The number of hydrogen-bond donors (Lipinski definition) is 0. The smallest absolute Gasteiger partial charge is 0.240 e. The predicted octanol–water partition coefficient (Wildman–Crippen LogP) is 2.76. The largest absolute Gasteiger partial charge is 0.481 e. The predicted molar refractivity (Wildman–Crippen MR) is 68.1 cm³/mol. The number of benzene rings is 1. The lowest BCUT2D eigenvalue weighted by atomic mass is 10.3. The molecule has 0 aliphatic carbocycles. The van der Waals surface area contributed by atoms with Crippen LogP contribution in [0.25, 0.3) is 17.0 Å². The van der Waals surface area contributed by atoms with Crippen LogP contribution in [0.2, 0.25) is 5.15 Å². The molecule has 8 heteroatoms. The van der Waals surface area contributed by atoms with Crippen molar-refractivity contribution in [1.82, 2.24) is 19.5 Å². The Kier molecular flexibility index (Phi) is 2.98. The third-order valence-electron chi connectivity index (χ3n) is 2.67. The van der Waals surface area contributed by atoms with E-state index in [0.717, 1.165) is 12.1 Å². The maximum atomic E-state index is 13.3. The van der Waals surface area contributed by atoms with E-state index < -0.39 is 11.6 Å². The molecule has 0 unspecified atom stereocenters. The van der Waals surface area contributed by atoms with Gasteiger partial charge in [-0.25, -0.2) is 18.7 Å². The van der Waals surface area contributed by atoms with Crippen LogP contribution in [0.15, 0.2) is 24.5 Å². The van der Waals surface area contributed by atoms with Gasteiger partial charge in [-0.15, -0.1) is 0 Å². The molecule has 2 heterocycles. The van der Waals surface area contributed by atoms with Crippen molar-refractivity contribution in [3.05, 3.63) is 41.3 Å². The summed E-state index contributed by atoms with van der Waals surface area (Å²) in [6, 6.07) is 3.46. The van der Waals surface area contributed by atoms with Gasteiger partial charge < -0.3 is 4.74 Å². The standard InChI is InChI=1S/C12H7ClF2N4O/c1-20-11-4-10(13)17-12(18-11)19-5-16-8-2-6(14)7(15)3-9(8)19/h2-5H,1H3. The fourth-order valence-corrected chi connectivity index (χ4v) is 1.93. The van der Waals surface area contributed by atoms with Gasteiger partial charge in [-0.2, -0.15) is 4.98 Å². The number of fused-ring (bicyclic) bond motifs is 1. The van der Waals surface area contributed by atoms with E-state index in [4.69, 9.17) is 16.3 Å². The Bertz CT molecular complexity index is 805. The van der Waals surface area contributed by atoms with Crippen LogP contribution in [0, 0.1) is 11.6 Å². The minimum atomic E-state index is -0.978. The normalized spacial score (nSPS) is 11.0. The monoisotopic (exact) mass is 296 g/mol. The molecule has 0 N–H and O–H groups in total. The van der Waals surface area contributed by atoms with Gasteiger partial charge in [-0.1, -0.05) is 11.6 Å². The molecule has 2 aromatic heterocycles. The van der Waals surface area contributed by atoms with E-state index in [2.05, 4.69) is 15.0 Å². The molecule has 0 spiro atoms. The van der Waals surface area contributed by atoms with Crippen LogP contribution in [0.1, 0.15) is 0 Å². The first-order valence-corrected chi connectivity index (χ1v) is 5.87. The minimum absolute atomic E-state index is 0.155. The van der Waals surface area contributed by atoms with Gasteiger partial charge in [0.25, 0.3) is 0 Å². The molecular formula is C12H7ClF2N4O. The Balaban J connectivity index is 2.24. The third-order valence-corrected chi connectivity index (χ3v) is 2.87. The van der Waals surface area contributed by atoms with Gasteiger partial charge in [-0.05, 0) is 0 Å². The molecule has 5 nitrogen and oxygen atoms in total. The van der Waals surface area contributed by atoms with E-state index >= 15 is 0 Å². The summed E-state index contributed by atoms with van der Waals surface area (Å²) in [5.41, 5.74) is 0.611. The van der Waals surface area contributed by atoms with Crippen LogP contribution in [0.5, 0.6) is 5.88 Å². The molecule has 0 saturated carbocycles. The number of methoxy groups -OCH3 is 1. The minimum Gasteiger partial charge on any atom is -0.481 e. The summed E-state index contributed by atoms with van der Waals surface area (Å²) in [4.78, 5) is 12.1. The molecule has 0 fully saturated rings. The number of nitrogens with zero attached hydrogens (tertiary/aromatic N) is 4. The first-order chi connectivity index (χ1) is 9.58. The zero-order valence-electron chi connectivity index (χ0n) is 10.1. The van der Waals surface area contributed by atoms with Crippen LogP contribution in [0.4, 0.5) is 8.78 Å². The summed E-state index contributed by atoms with van der Waals surface area (Å²) in [5, 5.41) is 0.163. The first kappa shape index (κ1) is 12.7. The fraction of sp³-hybridized carbons (Fsp3) is 0.0833. The molecule has 3 rings (SSSR count). The Labute approximate surface area is 116 Å². The maximum absolute atomic E-state index is 13.3. The fourth-order valence-electron chi connectivity index (χ4n) is 1.76. The SMILES string of the molecule is COc1cc(Cl)nc(-n2cnc3cc(F)c(F)cc32)n1. The lowest BCUT2D eigenvalue weighted by Gasteiger charge is -2.05. The Morgan fingerprint density at radius 1 is 1.15 bits per heavy atom. The second-order valence-electron chi connectivity index (χ2n) is 3.90. The number of ether oxygens (including phenoxy) is 1. The molecule has 0 amide bonds. The second-order valence-corrected chi connectivity index (χ2v) is 4.29. The molecule has 102 valence electrons. The van der Waals surface area contributed by atoms with Crippen molar-refractivity contribution in [3.8, 4) is 11.8 Å². The number of rotatable bonds is 2. The molecule has 0 aliphatic rings. The molecule has 20 heavy (non-hydrogen) atoms. The van der Waals surface area contributed by atoms with Crippen LogP contribution >= 0.6 is 11.6 Å². The van der Waals surface area contributed by atoms with E-state index in [9.17, 15) is 8.78 Å². The molecule has 0 aliphatic heterocycles. The molecule has 1 aromatic carbocycles. The van der Waals surface area contributed by atoms with Crippen molar-refractivity contribution >= 4 is 22.6 Å². The lowest BCUT2D eigenvalue weighted by Crippen LogP contribution is -2.02. The highest BCUT2D eigenvalue weighted by molar-refractivity contribution is 6.29. The first-order valence-electron chi connectivity index (χ1n) is 5.49. The van der Waals surface area contributed by atoms with E-state index in [-0.39, 0.29) is 22.5 Å². The van der Waals surface area contributed by atoms with E-state index in [0.29, 0.717) is 5.52 Å². The van der Waals surface area contributed by atoms with Crippen LogP contribution in [0.3, 0.4) is 0 Å². The van der Waals surface area contributed by atoms with E-state index in [1.807, 2.05) is 0 Å². The summed E-state index contributed by atoms with van der Waals surface area (Å²) >= 11 is 5.85. The maximum Gasteiger partial charge on any atom is 0.240 e. The number of hydrogen-bond acceptors (Lipinski definition) is 4. The quantitative estimate of drug-likeness (QED) is 0.682. The Hall–Kier alpha value is -2.28. The topological polar surface area (TPSA) is 52.8 Å². The highest BCUT2D eigenvalue weighted by Crippen LogP contribution is 2.22. The average Bonchev–Trinajstić information content (AvgIpc) is 2.81. The van der Waals surface area contributed by atoms with Gasteiger partial charge in [-0.3, -0.25) is 4.57 Å². The highest BCUT2D eigenvalue weighted by atomic mass is 35.5. The van der Waals surface area contributed by atoms with Gasteiger partial charge >= 0.3 is 0 Å². The van der Waals surface area contributed by atoms with E-state index in [1.165, 1.54) is 24.1 Å². The zero-order valence-corrected chi connectivity index (χ0v) is 10.9. The third kappa shape index (κ3) is 2.05. The van der Waals surface area contributed by atoms with Gasteiger partial charge in [0, 0.05) is 18.2 Å². The number of imidazole rings is 1. The van der Waals surface area contributed by atoms with Crippen molar-refractivity contribution in [1.29, 1.82) is 0 Å². The average molecular weight is 297 g/mol. The van der Waals surface area contributed by atoms with Gasteiger partial charge in [0.05, 0.1) is 18.1 Å². The van der Waals surface area contributed by atoms with Crippen LogP contribution < -0.4 is 4.74 Å². The molecule has 0 radical (unpaired) electrons. The van der Waals surface area contributed by atoms with Crippen molar-refractivity contribution in [2.24, 2.45) is 0 Å². The highest BCUT2D eigenvalue weighted by Gasteiger charge is 2.13. The summed E-state index contributed by atoms with van der Waals surface area (Å²) in [6.07, 6.45) is 1.36. The molecule has 0 saturated heterocycles. The van der Waals surface area contributed by atoms with Crippen LogP contribution in [-0.2, 0) is 0 Å². The summed E-state index contributed by atoms with van der Waals surface area (Å²) in [7, 11) is 1.43. The number of halogens is 3. The van der Waals surface area contributed by atoms with Crippen molar-refractivity contribution in [2.75, 3.05) is 7.11 Å². The summed E-state index contributed by atoms with van der Waals surface area (Å²) < 4.78 is 32.9. The molecule has 3 aromatic rings. The van der Waals surface area contributed by atoms with Crippen molar-refractivity contribution < 1.29 is 13.5 Å². The van der Waals surface area contributed by atoms with Crippen LogP contribution in [-0.4, -0.2) is 26.6 Å². The molecule has 0 atom stereocenters. The summed E-state index contributed by atoms with van der Waals surface area (Å²) in [5.74, 6) is -1.53. The summed E-state index contributed by atoms with van der Waals surface area (Å²) in [6.45, 7) is 0. The van der Waals surface area contributed by atoms with Gasteiger partial charge in [0.2, 0.25) is 11.8 Å². The zero-order chi connectivity index (χ0) is 14.3. The van der Waals surface area contributed by atoms with Gasteiger partial charge in [0.15, 0.2) is 11.6 Å². The van der Waals surface area contributed by atoms with Gasteiger partial charge in [0.1, 0.15) is 11.5 Å². The number of aromatic nitrogens is 4. The molecular weight excluding hydrogens is 290 g/mol. The Morgan fingerprint density at radius 3 is 2.65 bits per heavy atom.